The Bertz CT molecular complexity index is 1200. The molecule has 0 bridgehead atoms. The highest BCUT2D eigenvalue weighted by atomic mass is 16.3. The molecule has 0 spiro atoms. The van der Waals surface area contributed by atoms with Gasteiger partial charge in [0.1, 0.15) is 0 Å². The standard InChI is InChI=1S/C25H24N4O4/c1-3-25(2,29-24(31)20-10-6-18(7-11-20)22-13-27-16-33-22)14-28-23(30)19-8-4-17(5-9-19)21-12-26-15-32-21/h4-13,15-16H,3,14H2,1-2H3,(H,28,30)(H,29,31). The summed E-state index contributed by atoms with van der Waals surface area (Å²) in [4.78, 5) is 33.2. The highest BCUT2D eigenvalue weighted by Gasteiger charge is 2.26. The summed E-state index contributed by atoms with van der Waals surface area (Å²) in [7, 11) is 0. The number of carbonyl (C=O) groups is 2. The Morgan fingerprint density at radius 3 is 1.73 bits per heavy atom. The molecule has 0 fully saturated rings. The van der Waals surface area contributed by atoms with Gasteiger partial charge in [0.05, 0.1) is 17.9 Å². The fraction of sp³-hybridized carbons (Fsp3) is 0.200. The molecule has 0 radical (unpaired) electrons. The summed E-state index contributed by atoms with van der Waals surface area (Å²) in [5.41, 5.74) is 2.10. The molecule has 2 N–H and O–H groups in total. The molecule has 4 aromatic rings. The van der Waals surface area contributed by atoms with E-state index >= 15 is 0 Å². The van der Waals surface area contributed by atoms with Crippen LogP contribution in [0.1, 0.15) is 41.0 Å². The molecule has 168 valence electrons. The Labute approximate surface area is 191 Å². The van der Waals surface area contributed by atoms with Gasteiger partial charge in [-0.05, 0) is 37.6 Å². The summed E-state index contributed by atoms with van der Waals surface area (Å²) >= 11 is 0. The molecule has 0 saturated carbocycles. The number of hydrogen-bond donors (Lipinski definition) is 2. The number of nitrogens with zero attached hydrogens (tertiary/aromatic N) is 2. The Balaban J connectivity index is 1.36. The minimum absolute atomic E-state index is 0.214. The van der Waals surface area contributed by atoms with Crippen molar-refractivity contribution >= 4 is 11.8 Å². The molecule has 8 heteroatoms. The van der Waals surface area contributed by atoms with Gasteiger partial charge in [0.15, 0.2) is 24.3 Å². The van der Waals surface area contributed by atoms with Crippen molar-refractivity contribution in [1.29, 1.82) is 0 Å². The summed E-state index contributed by atoms with van der Waals surface area (Å²) in [5, 5.41) is 5.96. The third-order valence-corrected chi connectivity index (χ3v) is 5.56. The Hall–Kier alpha value is -4.20. The maximum atomic E-state index is 12.8. The number of carbonyl (C=O) groups excluding carboxylic acids is 2. The summed E-state index contributed by atoms with van der Waals surface area (Å²) < 4.78 is 10.5. The summed E-state index contributed by atoms with van der Waals surface area (Å²) in [6.07, 6.45) is 6.60. The summed E-state index contributed by atoms with van der Waals surface area (Å²) in [6.45, 7) is 4.15. The predicted octanol–water partition coefficient (Wildman–Crippen LogP) is 4.33. The van der Waals surface area contributed by atoms with Gasteiger partial charge in [0, 0.05) is 28.8 Å². The molecule has 1 atom stereocenters. The highest BCUT2D eigenvalue weighted by Crippen LogP contribution is 2.20. The van der Waals surface area contributed by atoms with Gasteiger partial charge in [-0.15, -0.1) is 0 Å². The number of nitrogens with one attached hydrogen (secondary N) is 2. The van der Waals surface area contributed by atoms with E-state index in [1.54, 1.807) is 48.8 Å². The predicted molar refractivity (Wildman–Crippen MR) is 122 cm³/mol. The Morgan fingerprint density at radius 2 is 1.30 bits per heavy atom. The molecular weight excluding hydrogens is 420 g/mol. The van der Waals surface area contributed by atoms with Gasteiger partial charge in [-0.1, -0.05) is 31.2 Å². The van der Waals surface area contributed by atoms with Gasteiger partial charge < -0.3 is 19.5 Å². The maximum Gasteiger partial charge on any atom is 0.251 e. The second-order valence-electron chi connectivity index (χ2n) is 7.94. The lowest BCUT2D eigenvalue weighted by Crippen LogP contribution is -2.53. The molecule has 2 heterocycles. The van der Waals surface area contributed by atoms with Crippen LogP contribution in [0.3, 0.4) is 0 Å². The number of amides is 2. The van der Waals surface area contributed by atoms with Gasteiger partial charge in [0.25, 0.3) is 11.8 Å². The van der Waals surface area contributed by atoms with Gasteiger partial charge in [-0.2, -0.15) is 0 Å². The molecule has 0 aliphatic carbocycles. The van der Waals surface area contributed by atoms with Gasteiger partial charge in [0.2, 0.25) is 0 Å². The topological polar surface area (TPSA) is 110 Å². The molecule has 2 amide bonds. The summed E-state index contributed by atoms with van der Waals surface area (Å²) in [5.74, 6) is 0.840. The van der Waals surface area contributed by atoms with Crippen molar-refractivity contribution in [2.24, 2.45) is 0 Å². The second kappa shape index (κ2) is 9.52. The summed E-state index contributed by atoms with van der Waals surface area (Å²) in [6, 6.07) is 14.1. The van der Waals surface area contributed by atoms with Crippen LogP contribution in [-0.4, -0.2) is 33.9 Å². The van der Waals surface area contributed by atoms with Gasteiger partial charge in [-0.25, -0.2) is 9.97 Å². The molecular formula is C25H24N4O4. The molecule has 0 aliphatic heterocycles. The third kappa shape index (κ3) is 5.17. The smallest absolute Gasteiger partial charge is 0.251 e. The van der Waals surface area contributed by atoms with Crippen LogP contribution in [0, 0.1) is 0 Å². The van der Waals surface area contributed by atoms with Crippen molar-refractivity contribution in [1.82, 2.24) is 20.6 Å². The van der Waals surface area contributed by atoms with E-state index in [0.29, 0.717) is 29.1 Å². The molecule has 0 aliphatic rings. The van der Waals surface area contributed by atoms with Gasteiger partial charge >= 0.3 is 0 Å². The zero-order chi connectivity index (χ0) is 23.3. The van der Waals surface area contributed by atoms with Gasteiger partial charge in [-0.3, -0.25) is 9.59 Å². The van der Waals surface area contributed by atoms with E-state index in [1.165, 1.54) is 12.8 Å². The van der Waals surface area contributed by atoms with Crippen molar-refractivity contribution in [3.8, 4) is 22.6 Å². The number of aromatic nitrogens is 2. The average molecular weight is 444 g/mol. The van der Waals surface area contributed by atoms with Crippen molar-refractivity contribution in [3.05, 3.63) is 84.8 Å². The van der Waals surface area contributed by atoms with E-state index in [9.17, 15) is 9.59 Å². The molecule has 1 unspecified atom stereocenters. The van der Waals surface area contributed by atoms with Crippen molar-refractivity contribution in [2.45, 2.75) is 25.8 Å². The lowest BCUT2D eigenvalue weighted by molar-refractivity contribution is 0.0871. The number of benzene rings is 2. The average Bonchev–Trinajstić information content (AvgIpc) is 3.58. The molecule has 33 heavy (non-hydrogen) atoms. The van der Waals surface area contributed by atoms with Crippen LogP contribution in [0.25, 0.3) is 22.6 Å². The van der Waals surface area contributed by atoms with E-state index in [0.717, 1.165) is 11.1 Å². The first-order valence-electron chi connectivity index (χ1n) is 10.6. The monoisotopic (exact) mass is 444 g/mol. The first-order chi connectivity index (χ1) is 16.0. The van der Waals surface area contributed by atoms with Crippen molar-refractivity contribution < 1.29 is 18.4 Å². The van der Waals surface area contributed by atoms with E-state index in [1.807, 2.05) is 26.0 Å². The molecule has 4 rings (SSSR count). The lowest BCUT2D eigenvalue weighted by atomic mass is 9.97. The fourth-order valence-corrected chi connectivity index (χ4v) is 3.27. The molecule has 0 saturated heterocycles. The SMILES string of the molecule is CCC(C)(CNC(=O)c1ccc(-c2cnco2)cc1)NC(=O)c1ccc(-c2cnco2)cc1. The first kappa shape index (κ1) is 22.0. The number of hydrogen-bond acceptors (Lipinski definition) is 6. The Morgan fingerprint density at radius 1 is 0.818 bits per heavy atom. The largest absolute Gasteiger partial charge is 0.444 e. The van der Waals surface area contributed by atoms with Crippen molar-refractivity contribution in [3.63, 3.8) is 0 Å². The van der Waals surface area contributed by atoms with Crippen LogP contribution in [0.5, 0.6) is 0 Å². The third-order valence-electron chi connectivity index (χ3n) is 5.56. The number of oxazole rings is 2. The van der Waals surface area contributed by atoms with Crippen LogP contribution in [-0.2, 0) is 0 Å². The van der Waals surface area contributed by atoms with Crippen LogP contribution >= 0.6 is 0 Å². The van der Waals surface area contributed by atoms with E-state index in [-0.39, 0.29) is 18.4 Å². The van der Waals surface area contributed by atoms with Crippen LogP contribution in [0.15, 0.2) is 82.5 Å². The highest BCUT2D eigenvalue weighted by molar-refractivity contribution is 5.96. The van der Waals surface area contributed by atoms with E-state index in [2.05, 4.69) is 20.6 Å². The Kier molecular flexibility index (Phi) is 6.35. The van der Waals surface area contributed by atoms with Crippen LogP contribution in [0.2, 0.25) is 0 Å². The maximum absolute atomic E-state index is 12.8. The molecule has 2 aromatic carbocycles. The molecule has 2 aromatic heterocycles. The number of rotatable bonds is 8. The van der Waals surface area contributed by atoms with E-state index < -0.39 is 5.54 Å². The zero-order valence-electron chi connectivity index (χ0n) is 18.4. The quantitative estimate of drug-likeness (QED) is 0.419. The zero-order valence-corrected chi connectivity index (χ0v) is 18.4. The minimum atomic E-state index is -0.615. The lowest BCUT2D eigenvalue weighted by Gasteiger charge is -2.30. The fourth-order valence-electron chi connectivity index (χ4n) is 3.27. The first-order valence-corrected chi connectivity index (χ1v) is 10.6. The minimum Gasteiger partial charge on any atom is -0.444 e. The molecule has 8 nitrogen and oxygen atoms in total. The van der Waals surface area contributed by atoms with Crippen molar-refractivity contribution in [2.75, 3.05) is 6.54 Å². The van der Waals surface area contributed by atoms with Crippen LogP contribution in [0.4, 0.5) is 0 Å². The van der Waals surface area contributed by atoms with E-state index in [4.69, 9.17) is 8.83 Å². The second-order valence-corrected chi connectivity index (χ2v) is 7.94. The normalized spacial score (nSPS) is 12.7. The van der Waals surface area contributed by atoms with Crippen LogP contribution < -0.4 is 10.6 Å².